The summed E-state index contributed by atoms with van der Waals surface area (Å²) in [4.78, 5) is 0. The number of hydrogen-bond acceptors (Lipinski definition) is 2. The maximum atomic E-state index is 6.13. The van der Waals surface area contributed by atoms with Gasteiger partial charge in [-0.15, -0.1) is 0 Å². The van der Waals surface area contributed by atoms with E-state index in [1.165, 1.54) is 25.7 Å². The fraction of sp³-hybridized carbons (Fsp3) is 1.00. The van der Waals surface area contributed by atoms with E-state index in [9.17, 15) is 0 Å². The molecule has 84 valence electrons. The van der Waals surface area contributed by atoms with Gasteiger partial charge in [0.05, 0.1) is 6.10 Å². The van der Waals surface area contributed by atoms with E-state index in [1.807, 2.05) is 0 Å². The number of nitrogens with two attached hydrogens (primary N) is 1. The van der Waals surface area contributed by atoms with Crippen LogP contribution in [0.25, 0.3) is 0 Å². The molecule has 0 aromatic rings. The standard InChI is InChI=1S/C12H25NO/c1-3-5-10(2)12(13)8-7-11-6-4-9-14-11/h10-12H,3-9,13H2,1-2H3. The van der Waals surface area contributed by atoms with Gasteiger partial charge in [0.2, 0.25) is 0 Å². The van der Waals surface area contributed by atoms with Gasteiger partial charge in [-0.3, -0.25) is 0 Å². The Morgan fingerprint density at radius 2 is 2.21 bits per heavy atom. The molecule has 3 unspecified atom stereocenters. The van der Waals surface area contributed by atoms with Crippen LogP contribution in [0.15, 0.2) is 0 Å². The number of ether oxygens (including phenoxy) is 1. The first-order chi connectivity index (χ1) is 6.74. The molecule has 0 aromatic heterocycles. The third-order valence-corrected chi connectivity index (χ3v) is 3.32. The van der Waals surface area contributed by atoms with Crippen molar-refractivity contribution >= 4 is 0 Å². The molecule has 1 heterocycles. The van der Waals surface area contributed by atoms with Crippen molar-refractivity contribution in [1.29, 1.82) is 0 Å². The van der Waals surface area contributed by atoms with Crippen LogP contribution in [-0.2, 0) is 4.74 Å². The summed E-state index contributed by atoms with van der Waals surface area (Å²) in [6.07, 6.45) is 7.79. The maximum absolute atomic E-state index is 6.13. The lowest BCUT2D eigenvalue weighted by molar-refractivity contribution is 0.0989. The molecule has 1 fully saturated rings. The van der Waals surface area contributed by atoms with Gasteiger partial charge < -0.3 is 10.5 Å². The highest BCUT2D eigenvalue weighted by atomic mass is 16.5. The quantitative estimate of drug-likeness (QED) is 0.714. The average Bonchev–Trinajstić information content (AvgIpc) is 2.67. The molecule has 2 N–H and O–H groups in total. The van der Waals surface area contributed by atoms with Crippen LogP contribution in [0, 0.1) is 5.92 Å². The van der Waals surface area contributed by atoms with Crippen molar-refractivity contribution < 1.29 is 4.74 Å². The van der Waals surface area contributed by atoms with Crippen molar-refractivity contribution in [1.82, 2.24) is 0 Å². The van der Waals surface area contributed by atoms with Gasteiger partial charge in [0.1, 0.15) is 0 Å². The summed E-state index contributed by atoms with van der Waals surface area (Å²) in [7, 11) is 0. The summed E-state index contributed by atoms with van der Waals surface area (Å²) in [5.41, 5.74) is 6.13. The minimum atomic E-state index is 0.374. The fourth-order valence-corrected chi connectivity index (χ4v) is 2.20. The Morgan fingerprint density at radius 3 is 2.79 bits per heavy atom. The highest BCUT2D eigenvalue weighted by Gasteiger charge is 2.18. The minimum absolute atomic E-state index is 0.374. The van der Waals surface area contributed by atoms with Crippen LogP contribution in [0.3, 0.4) is 0 Å². The van der Waals surface area contributed by atoms with Crippen LogP contribution in [0.5, 0.6) is 0 Å². The van der Waals surface area contributed by atoms with Gasteiger partial charge in [-0.05, 0) is 38.0 Å². The molecule has 1 aliphatic rings. The predicted octanol–water partition coefficient (Wildman–Crippen LogP) is 2.71. The molecule has 0 aromatic carbocycles. The molecule has 0 saturated carbocycles. The van der Waals surface area contributed by atoms with E-state index in [4.69, 9.17) is 10.5 Å². The van der Waals surface area contributed by atoms with E-state index in [0.29, 0.717) is 18.1 Å². The van der Waals surface area contributed by atoms with Crippen LogP contribution in [0.4, 0.5) is 0 Å². The Balaban J connectivity index is 2.09. The molecule has 0 amide bonds. The second-order valence-electron chi connectivity index (χ2n) is 4.64. The van der Waals surface area contributed by atoms with E-state index in [2.05, 4.69) is 13.8 Å². The van der Waals surface area contributed by atoms with Gasteiger partial charge in [-0.1, -0.05) is 20.3 Å². The zero-order valence-electron chi connectivity index (χ0n) is 9.67. The van der Waals surface area contributed by atoms with Crippen LogP contribution < -0.4 is 5.73 Å². The fourth-order valence-electron chi connectivity index (χ4n) is 2.20. The minimum Gasteiger partial charge on any atom is -0.378 e. The number of rotatable bonds is 6. The molecule has 2 nitrogen and oxygen atoms in total. The monoisotopic (exact) mass is 199 g/mol. The SMILES string of the molecule is CCCC(C)C(N)CCC1CCCO1. The zero-order chi connectivity index (χ0) is 10.4. The highest BCUT2D eigenvalue weighted by molar-refractivity contribution is 4.73. The van der Waals surface area contributed by atoms with Crippen molar-refractivity contribution in [3.63, 3.8) is 0 Å². The van der Waals surface area contributed by atoms with Gasteiger partial charge >= 0.3 is 0 Å². The lowest BCUT2D eigenvalue weighted by atomic mass is 9.93. The average molecular weight is 199 g/mol. The van der Waals surface area contributed by atoms with Crippen molar-refractivity contribution in [3.8, 4) is 0 Å². The first kappa shape index (κ1) is 12.0. The van der Waals surface area contributed by atoms with E-state index in [-0.39, 0.29) is 0 Å². The first-order valence-corrected chi connectivity index (χ1v) is 6.11. The van der Waals surface area contributed by atoms with Crippen LogP contribution in [0.2, 0.25) is 0 Å². The van der Waals surface area contributed by atoms with E-state index < -0.39 is 0 Å². The Labute approximate surface area is 88.2 Å². The van der Waals surface area contributed by atoms with Crippen molar-refractivity contribution in [2.24, 2.45) is 11.7 Å². The summed E-state index contributed by atoms with van der Waals surface area (Å²) in [5.74, 6) is 0.668. The smallest absolute Gasteiger partial charge is 0.0576 e. The zero-order valence-corrected chi connectivity index (χ0v) is 9.67. The van der Waals surface area contributed by atoms with E-state index >= 15 is 0 Å². The molecule has 1 aliphatic heterocycles. The Morgan fingerprint density at radius 1 is 1.43 bits per heavy atom. The molecule has 0 bridgehead atoms. The molecule has 1 saturated heterocycles. The predicted molar refractivity (Wildman–Crippen MR) is 60.3 cm³/mol. The van der Waals surface area contributed by atoms with Gasteiger partial charge in [-0.25, -0.2) is 0 Å². The molecule has 0 aliphatic carbocycles. The molecule has 0 radical (unpaired) electrons. The van der Waals surface area contributed by atoms with Crippen molar-refractivity contribution in [3.05, 3.63) is 0 Å². The maximum Gasteiger partial charge on any atom is 0.0576 e. The largest absolute Gasteiger partial charge is 0.378 e. The first-order valence-electron chi connectivity index (χ1n) is 6.11. The van der Waals surface area contributed by atoms with Gasteiger partial charge in [0, 0.05) is 12.6 Å². The van der Waals surface area contributed by atoms with Crippen molar-refractivity contribution in [2.45, 2.75) is 64.5 Å². The van der Waals surface area contributed by atoms with E-state index in [0.717, 1.165) is 19.4 Å². The molecule has 14 heavy (non-hydrogen) atoms. The van der Waals surface area contributed by atoms with Gasteiger partial charge in [0.15, 0.2) is 0 Å². The van der Waals surface area contributed by atoms with E-state index in [1.54, 1.807) is 0 Å². The molecular weight excluding hydrogens is 174 g/mol. The summed E-state index contributed by atoms with van der Waals surface area (Å²) in [5, 5.41) is 0. The number of hydrogen-bond donors (Lipinski definition) is 1. The molecule has 3 atom stereocenters. The third-order valence-electron chi connectivity index (χ3n) is 3.32. The Hall–Kier alpha value is -0.0800. The van der Waals surface area contributed by atoms with Gasteiger partial charge in [0.25, 0.3) is 0 Å². The molecule has 1 rings (SSSR count). The van der Waals surface area contributed by atoms with Crippen LogP contribution >= 0.6 is 0 Å². The van der Waals surface area contributed by atoms with Gasteiger partial charge in [-0.2, -0.15) is 0 Å². The lowest BCUT2D eigenvalue weighted by Gasteiger charge is -2.20. The Bertz CT molecular complexity index is 143. The third kappa shape index (κ3) is 3.97. The molecule has 2 heteroatoms. The summed E-state index contributed by atoms with van der Waals surface area (Å²) in [6.45, 7) is 5.46. The lowest BCUT2D eigenvalue weighted by Crippen LogP contribution is -2.29. The molecular formula is C12H25NO. The van der Waals surface area contributed by atoms with Crippen molar-refractivity contribution in [2.75, 3.05) is 6.61 Å². The second kappa shape index (κ2) is 6.41. The highest BCUT2D eigenvalue weighted by Crippen LogP contribution is 2.20. The normalized spacial score (nSPS) is 26.4. The summed E-state index contributed by atoms with van der Waals surface area (Å²) < 4.78 is 5.59. The summed E-state index contributed by atoms with van der Waals surface area (Å²) in [6, 6.07) is 0.374. The topological polar surface area (TPSA) is 35.2 Å². The Kier molecular flexibility index (Phi) is 5.49. The van der Waals surface area contributed by atoms with Crippen LogP contribution in [-0.4, -0.2) is 18.8 Å². The second-order valence-corrected chi connectivity index (χ2v) is 4.64. The summed E-state index contributed by atoms with van der Waals surface area (Å²) >= 11 is 0. The van der Waals surface area contributed by atoms with Crippen LogP contribution in [0.1, 0.15) is 52.4 Å². The molecule has 0 spiro atoms.